The van der Waals surface area contributed by atoms with Crippen molar-refractivity contribution in [2.24, 2.45) is 5.73 Å². The Bertz CT molecular complexity index is 793. The molecule has 0 spiro atoms. The number of nitrogens with two attached hydrogens (primary N) is 1. The molecule has 3 heterocycles. The highest BCUT2D eigenvalue weighted by Crippen LogP contribution is 2.19. The topological polar surface area (TPSA) is 92.4 Å². The molecule has 0 aromatic carbocycles. The molecule has 1 aliphatic heterocycles. The summed E-state index contributed by atoms with van der Waals surface area (Å²) in [5.74, 6) is 0.0893. The molecule has 3 rings (SSSR count). The van der Waals surface area contributed by atoms with Gasteiger partial charge < -0.3 is 15.5 Å². The van der Waals surface area contributed by atoms with E-state index in [4.69, 9.17) is 5.73 Å². The summed E-state index contributed by atoms with van der Waals surface area (Å²) in [7, 11) is 0. The average Bonchev–Trinajstić information content (AvgIpc) is 2.60. The SMILES string of the molecule is Cc1cc(C(=O)N2CCN(c3ncccc3C(N)=O)CC2)cc(C)n1. The fourth-order valence-electron chi connectivity index (χ4n) is 3.10. The van der Waals surface area contributed by atoms with E-state index in [0.29, 0.717) is 43.1 Å². The van der Waals surface area contributed by atoms with Gasteiger partial charge in [0.1, 0.15) is 5.82 Å². The zero-order chi connectivity index (χ0) is 18.0. The first-order valence-electron chi connectivity index (χ1n) is 8.20. The third kappa shape index (κ3) is 3.60. The van der Waals surface area contributed by atoms with E-state index in [2.05, 4.69) is 9.97 Å². The normalized spacial score (nSPS) is 14.5. The van der Waals surface area contributed by atoms with E-state index in [-0.39, 0.29) is 5.91 Å². The van der Waals surface area contributed by atoms with Crippen LogP contribution in [-0.4, -0.2) is 52.9 Å². The van der Waals surface area contributed by atoms with E-state index in [1.807, 2.05) is 35.8 Å². The van der Waals surface area contributed by atoms with Crippen LogP contribution in [0.1, 0.15) is 32.1 Å². The molecule has 0 atom stereocenters. The average molecular weight is 339 g/mol. The molecule has 2 aromatic heterocycles. The van der Waals surface area contributed by atoms with Gasteiger partial charge in [-0.25, -0.2) is 4.98 Å². The lowest BCUT2D eigenvalue weighted by Gasteiger charge is -2.36. The molecule has 1 saturated heterocycles. The lowest BCUT2D eigenvalue weighted by molar-refractivity contribution is 0.0745. The van der Waals surface area contributed by atoms with Crippen LogP contribution in [0.15, 0.2) is 30.5 Å². The molecule has 0 bridgehead atoms. The number of aryl methyl sites for hydroxylation is 2. The van der Waals surface area contributed by atoms with E-state index in [1.54, 1.807) is 18.3 Å². The van der Waals surface area contributed by atoms with Crippen molar-refractivity contribution in [2.75, 3.05) is 31.1 Å². The maximum absolute atomic E-state index is 12.7. The van der Waals surface area contributed by atoms with Gasteiger partial charge in [0.25, 0.3) is 11.8 Å². The van der Waals surface area contributed by atoms with Gasteiger partial charge in [-0.2, -0.15) is 0 Å². The van der Waals surface area contributed by atoms with E-state index in [1.165, 1.54) is 0 Å². The lowest BCUT2D eigenvalue weighted by Crippen LogP contribution is -2.49. The molecule has 2 N–H and O–H groups in total. The van der Waals surface area contributed by atoms with E-state index < -0.39 is 5.91 Å². The van der Waals surface area contributed by atoms with Crippen molar-refractivity contribution in [2.45, 2.75) is 13.8 Å². The number of pyridine rings is 2. The van der Waals surface area contributed by atoms with Crippen LogP contribution in [0.4, 0.5) is 5.82 Å². The lowest BCUT2D eigenvalue weighted by atomic mass is 10.1. The predicted octanol–water partition coefficient (Wildman–Crippen LogP) is 1.15. The molecular formula is C18H21N5O2. The van der Waals surface area contributed by atoms with Gasteiger partial charge in [-0.1, -0.05) is 0 Å². The fraction of sp³-hybridized carbons (Fsp3) is 0.333. The predicted molar refractivity (Wildman–Crippen MR) is 94.6 cm³/mol. The van der Waals surface area contributed by atoms with Crippen LogP contribution in [-0.2, 0) is 0 Å². The first-order chi connectivity index (χ1) is 12.0. The minimum absolute atomic E-state index is 0.00407. The molecule has 25 heavy (non-hydrogen) atoms. The second-order valence-corrected chi connectivity index (χ2v) is 6.16. The monoisotopic (exact) mass is 339 g/mol. The maximum atomic E-state index is 12.7. The van der Waals surface area contributed by atoms with Crippen LogP contribution in [0.2, 0.25) is 0 Å². The molecule has 0 aliphatic carbocycles. The molecule has 1 aliphatic rings. The fourth-order valence-corrected chi connectivity index (χ4v) is 3.10. The Morgan fingerprint density at radius 2 is 1.72 bits per heavy atom. The number of primary amides is 1. The second-order valence-electron chi connectivity index (χ2n) is 6.16. The summed E-state index contributed by atoms with van der Waals surface area (Å²) < 4.78 is 0. The van der Waals surface area contributed by atoms with E-state index in [0.717, 1.165) is 11.4 Å². The Labute approximate surface area is 146 Å². The number of aromatic nitrogens is 2. The number of carbonyl (C=O) groups excluding carboxylic acids is 2. The van der Waals surface area contributed by atoms with Gasteiger partial charge >= 0.3 is 0 Å². The van der Waals surface area contributed by atoms with Crippen molar-refractivity contribution in [3.05, 3.63) is 53.0 Å². The smallest absolute Gasteiger partial charge is 0.254 e. The van der Waals surface area contributed by atoms with Crippen molar-refractivity contribution in [1.82, 2.24) is 14.9 Å². The van der Waals surface area contributed by atoms with Crippen LogP contribution >= 0.6 is 0 Å². The Morgan fingerprint density at radius 1 is 1.08 bits per heavy atom. The first-order valence-corrected chi connectivity index (χ1v) is 8.20. The summed E-state index contributed by atoms with van der Waals surface area (Å²) in [5.41, 5.74) is 8.16. The Balaban J connectivity index is 1.72. The van der Waals surface area contributed by atoms with Crippen molar-refractivity contribution < 1.29 is 9.59 Å². The maximum Gasteiger partial charge on any atom is 0.254 e. The molecule has 2 aromatic rings. The number of hydrogen-bond donors (Lipinski definition) is 1. The summed E-state index contributed by atoms with van der Waals surface area (Å²) in [6.07, 6.45) is 1.64. The summed E-state index contributed by atoms with van der Waals surface area (Å²) in [4.78, 5) is 36.7. The molecule has 0 unspecified atom stereocenters. The Kier molecular flexibility index (Phi) is 4.65. The Morgan fingerprint density at radius 3 is 2.32 bits per heavy atom. The van der Waals surface area contributed by atoms with Crippen molar-refractivity contribution in [1.29, 1.82) is 0 Å². The second kappa shape index (κ2) is 6.88. The largest absolute Gasteiger partial charge is 0.365 e. The number of carbonyl (C=O) groups is 2. The Hall–Kier alpha value is -2.96. The van der Waals surface area contributed by atoms with Gasteiger partial charge in [-0.3, -0.25) is 14.6 Å². The van der Waals surface area contributed by atoms with Gasteiger partial charge in [0, 0.05) is 49.3 Å². The third-order valence-corrected chi connectivity index (χ3v) is 4.25. The highest BCUT2D eigenvalue weighted by Gasteiger charge is 2.25. The molecule has 130 valence electrons. The molecule has 7 heteroatoms. The number of rotatable bonds is 3. The molecule has 1 fully saturated rings. The van der Waals surface area contributed by atoms with Crippen LogP contribution in [0.25, 0.3) is 0 Å². The van der Waals surface area contributed by atoms with Crippen LogP contribution < -0.4 is 10.6 Å². The van der Waals surface area contributed by atoms with Crippen molar-refractivity contribution in [3.8, 4) is 0 Å². The van der Waals surface area contributed by atoms with Gasteiger partial charge in [0.2, 0.25) is 0 Å². The number of nitrogens with zero attached hydrogens (tertiary/aromatic N) is 4. The van der Waals surface area contributed by atoms with Crippen molar-refractivity contribution >= 4 is 17.6 Å². The van der Waals surface area contributed by atoms with Crippen LogP contribution in [0.3, 0.4) is 0 Å². The molecule has 0 radical (unpaired) electrons. The number of amides is 2. The highest BCUT2D eigenvalue weighted by atomic mass is 16.2. The van der Waals surface area contributed by atoms with E-state index >= 15 is 0 Å². The summed E-state index contributed by atoms with van der Waals surface area (Å²) in [5, 5.41) is 0. The first kappa shape index (κ1) is 16.9. The standard InChI is InChI=1S/C18H21N5O2/c1-12-10-14(11-13(2)21-12)18(25)23-8-6-22(7-9-23)17-15(16(19)24)4-3-5-20-17/h3-5,10-11H,6-9H2,1-2H3,(H2,19,24). The van der Waals surface area contributed by atoms with Gasteiger partial charge in [0.05, 0.1) is 5.56 Å². The number of piperazine rings is 1. The van der Waals surface area contributed by atoms with Gasteiger partial charge in [0.15, 0.2) is 0 Å². The van der Waals surface area contributed by atoms with Crippen LogP contribution in [0, 0.1) is 13.8 Å². The zero-order valence-electron chi connectivity index (χ0n) is 14.4. The summed E-state index contributed by atoms with van der Waals surface area (Å²) >= 11 is 0. The van der Waals surface area contributed by atoms with E-state index in [9.17, 15) is 9.59 Å². The molecule has 2 amide bonds. The summed E-state index contributed by atoms with van der Waals surface area (Å²) in [6, 6.07) is 6.99. The van der Waals surface area contributed by atoms with Gasteiger partial charge in [-0.15, -0.1) is 0 Å². The quantitative estimate of drug-likeness (QED) is 0.906. The number of anilines is 1. The number of hydrogen-bond acceptors (Lipinski definition) is 5. The van der Waals surface area contributed by atoms with Crippen LogP contribution in [0.5, 0.6) is 0 Å². The summed E-state index contributed by atoms with van der Waals surface area (Å²) in [6.45, 7) is 6.10. The molecule has 7 nitrogen and oxygen atoms in total. The molecular weight excluding hydrogens is 318 g/mol. The minimum Gasteiger partial charge on any atom is -0.365 e. The van der Waals surface area contributed by atoms with Gasteiger partial charge in [-0.05, 0) is 38.1 Å². The highest BCUT2D eigenvalue weighted by molar-refractivity contribution is 5.98. The third-order valence-electron chi connectivity index (χ3n) is 4.25. The molecule has 0 saturated carbocycles. The zero-order valence-corrected chi connectivity index (χ0v) is 14.4. The van der Waals surface area contributed by atoms with Crippen molar-refractivity contribution in [3.63, 3.8) is 0 Å². The minimum atomic E-state index is -0.496.